The van der Waals surface area contributed by atoms with Gasteiger partial charge in [-0.2, -0.15) is 13.2 Å². The lowest BCUT2D eigenvalue weighted by atomic mass is 10.1. The van der Waals surface area contributed by atoms with Crippen molar-refractivity contribution in [3.8, 4) is 0 Å². The molecule has 0 aliphatic carbocycles. The van der Waals surface area contributed by atoms with Gasteiger partial charge in [-0.1, -0.05) is 30.3 Å². The molecule has 2 aromatic carbocycles. The highest BCUT2D eigenvalue weighted by molar-refractivity contribution is 5.95. The molecule has 2 aromatic rings. The predicted molar refractivity (Wildman–Crippen MR) is 93.5 cm³/mol. The molecule has 0 atom stereocenters. The number of carbonyl (C=O) groups excluding carboxylic acids is 3. The highest BCUT2D eigenvalue weighted by atomic mass is 19.4. The van der Waals surface area contributed by atoms with E-state index in [2.05, 4.69) is 15.6 Å². The van der Waals surface area contributed by atoms with Gasteiger partial charge in [-0.15, -0.1) is 0 Å². The van der Waals surface area contributed by atoms with Crippen molar-refractivity contribution in [1.82, 2.24) is 10.9 Å². The highest BCUT2D eigenvalue weighted by Crippen LogP contribution is 2.29. The predicted octanol–water partition coefficient (Wildman–Crippen LogP) is 2.72. The van der Waals surface area contributed by atoms with Gasteiger partial charge in [0.05, 0.1) is 5.56 Å². The maximum absolute atomic E-state index is 12.5. The smallest absolute Gasteiger partial charge is 0.416 e. The average molecular weight is 392 g/mol. The summed E-state index contributed by atoms with van der Waals surface area (Å²) in [4.78, 5) is 34.8. The van der Waals surface area contributed by atoms with E-state index in [4.69, 9.17) is 0 Å². The van der Waals surface area contributed by atoms with E-state index in [-0.39, 0.29) is 0 Å². The maximum Gasteiger partial charge on any atom is 0.416 e. The number of carbonyl (C=O) groups is 3. The highest BCUT2D eigenvalue weighted by Gasteiger charge is 2.29. The number of hydrogen-bond acceptors (Lipinski definition) is 4. The number of hydrazine groups is 1. The first-order valence-corrected chi connectivity index (χ1v) is 7.92. The normalized spacial score (nSPS) is 11.1. The quantitative estimate of drug-likeness (QED) is 0.466. The van der Waals surface area contributed by atoms with Crippen molar-refractivity contribution in [2.45, 2.75) is 6.18 Å². The molecular weight excluding hydrogens is 377 g/mol. The molecule has 0 spiro atoms. The van der Waals surface area contributed by atoms with Gasteiger partial charge < -0.3 is 4.74 Å². The van der Waals surface area contributed by atoms with Crippen LogP contribution in [0, 0.1) is 0 Å². The van der Waals surface area contributed by atoms with Crippen LogP contribution in [0.4, 0.5) is 13.2 Å². The lowest BCUT2D eigenvalue weighted by molar-refractivity contribution is -0.144. The maximum atomic E-state index is 12.5. The SMILES string of the molecule is O=C(COC(=O)/C=C/c1ccc(C(F)(F)F)cc1)NNC(=O)c1ccccc1. The van der Waals surface area contributed by atoms with Gasteiger partial charge in [0, 0.05) is 11.6 Å². The van der Waals surface area contributed by atoms with Crippen LogP contribution in [0.2, 0.25) is 0 Å². The fourth-order valence-corrected chi connectivity index (χ4v) is 1.96. The zero-order valence-corrected chi connectivity index (χ0v) is 14.3. The minimum absolute atomic E-state index is 0.333. The van der Waals surface area contributed by atoms with Crippen LogP contribution in [0.25, 0.3) is 6.08 Å². The molecule has 0 fully saturated rings. The van der Waals surface area contributed by atoms with E-state index in [9.17, 15) is 27.6 Å². The Balaban J connectivity index is 1.75. The summed E-state index contributed by atoms with van der Waals surface area (Å²) < 4.78 is 42.1. The van der Waals surface area contributed by atoms with Crippen LogP contribution in [0.1, 0.15) is 21.5 Å². The van der Waals surface area contributed by atoms with E-state index < -0.39 is 36.1 Å². The summed E-state index contributed by atoms with van der Waals surface area (Å²) in [5.41, 5.74) is 4.12. The summed E-state index contributed by atoms with van der Waals surface area (Å²) in [7, 11) is 0. The third-order valence-corrected chi connectivity index (χ3v) is 3.35. The van der Waals surface area contributed by atoms with E-state index in [0.717, 1.165) is 18.2 Å². The standard InChI is InChI=1S/C19H15F3N2O4/c20-19(21,22)15-9-6-13(7-10-15)8-11-17(26)28-12-16(25)23-24-18(27)14-4-2-1-3-5-14/h1-11H,12H2,(H,23,25)(H,24,27)/b11-8+. The van der Waals surface area contributed by atoms with E-state index in [1.165, 1.54) is 18.2 Å². The molecule has 6 nitrogen and oxygen atoms in total. The van der Waals surface area contributed by atoms with Crippen LogP contribution < -0.4 is 10.9 Å². The van der Waals surface area contributed by atoms with Crippen LogP contribution in [-0.4, -0.2) is 24.4 Å². The Morgan fingerprint density at radius 1 is 0.929 bits per heavy atom. The van der Waals surface area contributed by atoms with Crippen LogP contribution >= 0.6 is 0 Å². The van der Waals surface area contributed by atoms with Gasteiger partial charge in [0.2, 0.25) is 0 Å². The molecule has 2 N–H and O–H groups in total. The van der Waals surface area contributed by atoms with E-state index >= 15 is 0 Å². The molecule has 28 heavy (non-hydrogen) atoms. The Morgan fingerprint density at radius 3 is 2.18 bits per heavy atom. The lowest BCUT2D eigenvalue weighted by Crippen LogP contribution is -2.43. The Bertz CT molecular complexity index is 863. The number of esters is 1. The number of hydrogen-bond donors (Lipinski definition) is 2. The van der Waals surface area contributed by atoms with Gasteiger partial charge in [-0.3, -0.25) is 20.4 Å². The molecule has 0 bridgehead atoms. The second-order valence-corrected chi connectivity index (χ2v) is 5.43. The Kier molecular flexibility index (Phi) is 6.91. The molecule has 9 heteroatoms. The molecule has 0 saturated carbocycles. The van der Waals surface area contributed by atoms with Gasteiger partial charge in [-0.05, 0) is 35.9 Å². The van der Waals surface area contributed by atoms with Crippen LogP contribution in [0.3, 0.4) is 0 Å². The fourth-order valence-electron chi connectivity index (χ4n) is 1.96. The molecule has 2 amide bonds. The number of halogens is 3. The second-order valence-electron chi connectivity index (χ2n) is 5.43. The molecule has 0 radical (unpaired) electrons. The van der Waals surface area contributed by atoms with Gasteiger partial charge in [-0.25, -0.2) is 4.79 Å². The first-order chi connectivity index (χ1) is 13.3. The van der Waals surface area contributed by atoms with Gasteiger partial charge >= 0.3 is 12.1 Å². The topological polar surface area (TPSA) is 84.5 Å². The minimum Gasteiger partial charge on any atom is -0.452 e. The Morgan fingerprint density at radius 2 is 1.57 bits per heavy atom. The van der Waals surface area contributed by atoms with Crippen molar-refractivity contribution in [3.05, 3.63) is 77.4 Å². The molecule has 0 saturated heterocycles. The minimum atomic E-state index is -4.44. The van der Waals surface area contributed by atoms with Crippen molar-refractivity contribution >= 4 is 23.9 Å². The summed E-state index contributed by atoms with van der Waals surface area (Å²) >= 11 is 0. The second kappa shape index (κ2) is 9.36. The lowest BCUT2D eigenvalue weighted by Gasteiger charge is -2.07. The fraction of sp³-hybridized carbons (Fsp3) is 0.105. The molecule has 0 aliphatic heterocycles. The van der Waals surface area contributed by atoms with Gasteiger partial charge in [0.15, 0.2) is 6.61 Å². The molecule has 0 heterocycles. The number of rotatable bonds is 5. The van der Waals surface area contributed by atoms with Crippen LogP contribution in [0.5, 0.6) is 0 Å². The summed E-state index contributed by atoms with van der Waals surface area (Å²) in [5, 5.41) is 0. The van der Waals surface area contributed by atoms with E-state index in [1.807, 2.05) is 0 Å². The number of alkyl halides is 3. The first-order valence-electron chi connectivity index (χ1n) is 7.92. The van der Waals surface area contributed by atoms with Crippen molar-refractivity contribution in [2.24, 2.45) is 0 Å². The number of benzene rings is 2. The molecule has 0 aliphatic rings. The van der Waals surface area contributed by atoms with Crippen molar-refractivity contribution in [2.75, 3.05) is 6.61 Å². The molecule has 2 rings (SSSR count). The number of ether oxygens (including phenoxy) is 1. The zero-order chi connectivity index (χ0) is 20.6. The average Bonchev–Trinajstić information content (AvgIpc) is 2.69. The monoisotopic (exact) mass is 392 g/mol. The Labute approximate surface area is 158 Å². The van der Waals surface area contributed by atoms with Crippen LogP contribution in [-0.2, 0) is 20.5 Å². The molecular formula is C19H15F3N2O4. The van der Waals surface area contributed by atoms with Crippen molar-refractivity contribution in [3.63, 3.8) is 0 Å². The first kappa shape index (κ1) is 20.7. The molecule has 0 unspecified atom stereocenters. The van der Waals surface area contributed by atoms with Gasteiger partial charge in [0.1, 0.15) is 0 Å². The molecule has 0 aromatic heterocycles. The zero-order valence-electron chi connectivity index (χ0n) is 14.3. The third kappa shape index (κ3) is 6.60. The number of amides is 2. The largest absolute Gasteiger partial charge is 0.452 e. The van der Waals surface area contributed by atoms with Crippen LogP contribution in [0.15, 0.2) is 60.7 Å². The summed E-state index contributed by atoms with van der Waals surface area (Å²) in [6.45, 7) is -0.648. The molecule has 146 valence electrons. The van der Waals surface area contributed by atoms with E-state index in [1.54, 1.807) is 30.3 Å². The van der Waals surface area contributed by atoms with E-state index in [0.29, 0.717) is 11.1 Å². The Hall–Kier alpha value is -3.62. The summed E-state index contributed by atoms with van der Waals surface area (Å²) in [5.74, 6) is -2.17. The van der Waals surface area contributed by atoms with Crippen molar-refractivity contribution < 1.29 is 32.3 Å². The number of nitrogens with one attached hydrogen (secondary N) is 2. The third-order valence-electron chi connectivity index (χ3n) is 3.35. The summed E-state index contributed by atoms with van der Waals surface area (Å²) in [6, 6.07) is 12.3. The summed E-state index contributed by atoms with van der Waals surface area (Å²) in [6.07, 6.45) is -2.22. The van der Waals surface area contributed by atoms with Gasteiger partial charge in [0.25, 0.3) is 11.8 Å². The van der Waals surface area contributed by atoms with Crippen molar-refractivity contribution in [1.29, 1.82) is 0 Å².